The summed E-state index contributed by atoms with van der Waals surface area (Å²) in [6.45, 7) is 6.06. The Hall–Kier alpha value is -1.62. The third-order valence-electron chi connectivity index (χ3n) is 3.04. The van der Waals surface area contributed by atoms with Gasteiger partial charge in [0, 0.05) is 11.6 Å². The molecule has 0 spiro atoms. The predicted molar refractivity (Wildman–Crippen MR) is 70.8 cm³/mol. The molecule has 0 radical (unpaired) electrons. The number of nitrogens with zero attached hydrogens (tertiary/aromatic N) is 1. The van der Waals surface area contributed by atoms with Crippen LogP contribution in [0.3, 0.4) is 0 Å². The van der Waals surface area contributed by atoms with E-state index in [0.717, 1.165) is 0 Å². The largest absolute Gasteiger partial charge is 0.497 e. The van der Waals surface area contributed by atoms with E-state index >= 15 is 0 Å². The van der Waals surface area contributed by atoms with Crippen molar-refractivity contribution in [2.75, 3.05) is 7.11 Å². The van der Waals surface area contributed by atoms with Gasteiger partial charge in [0.15, 0.2) is 0 Å². The zero-order valence-electron chi connectivity index (χ0n) is 11.3. The van der Waals surface area contributed by atoms with Crippen LogP contribution in [-0.4, -0.2) is 18.1 Å². The lowest BCUT2D eigenvalue weighted by Gasteiger charge is -2.27. The fraction of sp³-hybridized carbons (Fsp3) is 0.538. The number of nitro groups is 1. The number of hydrogen-bond acceptors (Lipinski definition) is 4. The molecule has 0 saturated carbocycles. The molecule has 18 heavy (non-hydrogen) atoms. The fourth-order valence-corrected chi connectivity index (χ4v) is 1.56. The lowest BCUT2D eigenvalue weighted by Crippen LogP contribution is -2.37. The number of nitro benzene ring substituents is 1. The average Bonchev–Trinajstić information content (AvgIpc) is 2.27. The smallest absolute Gasteiger partial charge is 0.276 e. The van der Waals surface area contributed by atoms with Crippen LogP contribution in [-0.2, 0) is 6.42 Å². The van der Waals surface area contributed by atoms with Gasteiger partial charge < -0.3 is 10.5 Å². The van der Waals surface area contributed by atoms with Crippen molar-refractivity contribution >= 4 is 5.69 Å². The highest BCUT2D eigenvalue weighted by Gasteiger charge is 2.24. The quantitative estimate of drug-likeness (QED) is 0.659. The third-order valence-corrected chi connectivity index (χ3v) is 3.04. The molecule has 5 nitrogen and oxygen atoms in total. The Kier molecular flexibility index (Phi) is 4.29. The minimum absolute atomic E-state index is 0.0639. The molecule has 0 amide bonds. The van der Waals surface area contributed by atoms with E-state index in [0.29, 0.717) is 17.7 Å². The highest BCUT2D eigenvalue weighted by Crippen LogP contribution is 2.28. The summed E-state index contributed by atoms with van der Waals surface area (Å²) in [5, 5.41) is 11.0. The Morgan fingerprint density at radius 3 is 2.50 bits per heavy atom. The number of rotatable bonds is 4. The summed E-state index contributed by atoms with van der Waals surface area (Å²) < 4.78 is 5.00. The molecule has 1 atom stereocenters. The number of nitrogens with two attached hydrogens (primary N) is 1. The lowest BCUT2D eigenvalue weighted by molar-refractivity contribution is -0.385. The molecule has 100 valence electrons. The van der Waals surface area contributed by atoms with E-state index in [-0.39, 0.29) is 17.1 Å². The number of ether oxygens (including phenoxy) is 1. The van der Waals surface area contributed by atoms with Gasteiger partial charge in [0.1, 0.15) is 5.75 Å². The summed E-state index contributed by atoms with van der Waals surface area (Å²) >= 11 is 0. The second kappa shape index (κ2) is 5.35. The molecule has 0 saturated heterocycles. The van der Waals surface area contributed by atoms with E-state index in [1.54, 1.807) is 12.1 Å². The molecule has 2 N–H and O–H groups in total. The Morgan fingerprint density at radius 1 is 1.44 bits per heavy atom. The van der Waals surface area contributed by atoms with Crippen LogP contribution in [0.1, 0.15) is 26.3 Å². The van der Waals surface area contributed by atoms with Gasteiger partial charge in [-0.25, -0.2) is 0 Å². The van der Waals surface area contributed by atoms with Gasteiger partial charge in [-0.3, -0.25) is 10.1 Å². The molecule has 0 aromatic heterocycles. The second-order valence-corrected chi connectivity index (χ2v) is 5.43. The Bertz CT molecular complexity index is 438. The predicted octanol–water partition coefficient (Wildman–Crippen LogP) is 2.52. The normalized spacial score (nSPS) is 13.2. The number of hydrogen-bond donors (Lipinski definition) is 1. The van der Waals surface area contributed by atoms with Gasteiger partial charge >= 0.3 is 0 Å². The van der Waals surface area contributed by atoms with Crippen LogP contribution in [0.15, 0.2) is 18.2 Å². The first-order chi connectivity index (χ1) is 8.25. The van der Waals surface area contributed by atoms with Crippen molar-refractivity contribution < 1.29 is 9.66 Å². The fourth-order valence-electron chi connectivity index (χ4n) is 1.56. The maximum absolute atomic E-state index is 11.0. The molecule has 5 heteroatoms. The monoisotopic (exact) mass is 252 g/mol. The Morgan fingerprint density at radius 2 is 2.06 bits per heavy atom. The highest BCUT2D eigenvalue weighted by molar-refractivity contribution is 5.46. The molecule has 0 heterocycles. The number of benzene rings is 1. The lowest BCUT2D eigenvalue weighted by atomic mass is 9.83. The zero-order valence-corrected chi connectivity index (χ0v) is 11.3. The van der Waals surface area contributed by atoms with E-state index in [1.165, 1.54) is 13.2 Å². The van der Waals surface area contributed by atoms with Gasteiger partial charge in [0.2, 0.25) is 0 Å². The van der Waals surface area contributed by atoms with Crippen molar-refractivity contribution in [3.63, 3.8) is 0 Å². The molecule has 1 aromatic rings. The van der Waals surface area contributed by atoms with Gasteiger partial charge in [-0.2, -0.15) is 0 Å². The molecule has 0 bridgehead atoms. The summed E-state index contributed by atoms with van der Waals surface area (Å²) in [6.07, 6.45) is 0.476. The first kappa shape index (κ1) is 14.4. The second-order valence-electron chi connectivity index (χ2n) is 5.43. The molecular weight excluding hydrogens is 232 g/mol. The van der Waals surface area contributed by atoms with Crippen LogP contribution in [0, 0.1) is 15.5 Å². The summed E-state index contributed by atoms with van der Waals surface area (Å²) in [5.74, 6) is 0.481. The summed E-state index contributed by atoms with van der Waals surface area (Å²) in [4.78, 5) is 10.6. The summed E-state index contributed by atoms with van der Waals surface area (Å²) in [5.41, 5.74) is 6.68. The van der Waals surface area contributed by atoms with Crippen molar-refractivity contribution in [2.24, 2.45) is 11.1 Å². The zero-order chi connectivity index (χ0) is 13.9. The highest BCUT2D eigenvalue weighted by atomic mass is 16.6. The van der Waals surface area contributed by atoms with Gasteiger partial charge in [-0.05, 0) is 24.0 Å². The van der Waals surface area contributed by atoms with Crippen molar-refractivity contribution in [1.82, 2.24) is 0 Å². The summed E-state index contributed by atoms with van der Waals surface area (Å²) in [6, 6.07) is 4.73. The molecule has 0 aliphatic rings. The van der Waals surface area contributed by atoms with Crippen LogP contribution < -0.4 is 10.5 Å². The molecule has 1 rings (SSSR count). The van der Waals surface area contributed by atoms with Crippen LogP contribution in [0.25, 0.3) is 0 Å². The van der Waals surface area contributed by atoms with Crippen LogP contribution in [0.4, 0.5) is 5.69 Å². The molecule has 1 aromatic carbocycles. The van der Waals surface area contributed by atoms with Gasteiger partial charge in [0.25, 0.3) is 5.69 Å². The van der Waals surface area contributed by atoms with Crippen molar-refractivity contribution in [2.45, 2.75) is 33.2 Å². The van der Waals surface area contributed by atoms with Gasteiger partial charge in [-0.15, -0.1) is 0 Å². The SMILES string of the molecule is COc1ccc(CC(N)C(C)(C)C)c([N+](=O)[O-])c1. The van der Waals surface area contributed by atoms with Gasteiger partial charge in [0.05, 0.1) is 18.1 Å². The molecular formula is C13H20N2O3. The van der Waals surface area contributed by atoms with Gasteiger partial charge in [-0.1, -0.05) is 20.8 Å². The Balaban J connectivity index is 3.05. The van der Waals surface area contributed by atoms with Crippen LogP contribution in [0.2, 0.25) is 0 Å². The molecule has 1 unspecified atom stereocenters. The Labute approximate surface area is 107 Å². The van der Waals surface area contributed by atoms with E-state index < -0.39 is 4.92 Å². The van der Waals surface area contributed by atoms with Crippen molar-refractivity contribution in [3.8, 4) is 5.75 Å². The first-order valence-electron chi connectivity index (χ1n) is 5.82. The van der Waals surface area contributed by atoms with E-state index in [9.17, 15) is 10.1 Å². The molecule has 0 aliphatic heterocycles. The van der Waals surface area contributed by atoms with E-state index in [2.05, 4.69) is 0 Å². The van der Waals surface area contributed by atoms with Crippen molar-refractivity contribution in [3.05, 3.63) is 33.9 Å². The molecule has 0 aliphatic carbocycles. The van der Waals surface area contributed by atoms with Crippen LogP contribution in [0.5, 0.6) is 5.75 Å². The first-order valence-corrected chi connectivity index (χ1v) is 5.82. The standard InChI is InChI=1S/C13H20N2O3/c1-13(2,3)12(14)7-9-5-6-10(18-4)8-11(9)15(16)17/h5-6,8,12H,7,14H2,1-4H3. The third kappa shape index (κ3) is 3.43. The summed E-state index contributed by atoms with van der Waals surface area (Å²) in [7, 11) is 1.49. The minimum atomic E-state index is -0.396. The molecule has 0 fully saturated rings. The van der Waals surface area contributed by atoms with E-state index in [1.807, 2.05) is 20.8 Å². The number of methoxy groups -OCH3 is 1. The van der Waals surface area contributed by atoms with E-state index in [4.69, 9.17) is 10.5 Å². The van der Waals surface area contributed by atoms with Crippen LogP contribution >= 0.6 is 0 Å². The van der Waals surface area contributed by atoms with Crippen molar-refractivity contribution in [1.29, 1.82) is 0 Å². The topological polar surface area (TPSA) is 78.4 Å². The average molecular weight is 252 g/mol. The maximum atomic E-state index is 11.0. The maximum Gasteiger partial charge on any atom is 0.276 e. The minimum Gasteiger partial charge on any atom is -0.497 e.